The lowest BCUT2D eigenvalue weighted by atomic mass is 9.63. The van der Waals surface area contributed by atoms with E-state index < -0.39 is 0 Å². The number of anilines is 1. The number of hydrogen-bond acceptors (Lipinski definition) is 3. The summed E-state index contributed by atoms with van der Waals surface area (Å²) in [6.45, 7) is 4.33. The molecule has 2 aliphatic rings. The molecule has 3 aromatic rings. The van der Waals surface area contributed by atoms with Crippen LogP contribution in [0.1, 0.15) is 31.5 Å². The highest BCUT2D eigenvalue weighted by atomic mass is 16.5. The highest BCUT2D eigenvalue weighted by molar-refractivity contribution is 5.87. The van der Waals surface area contributed by atoms with E-state index >= 15 is 0 Å². The van der Waals surface area contributed by atoms with Crippen molar-refractivity contribution < 1.29 is 4.74 Å². The zero-order valence-corrected chi connectivity index (χ0v) is 17.6. The third-order valence-corrected chi connectivity index (χ3v) is 6.52. The van der Waals surface area contributed by atoms with E-state index in [9.17, 15) is 4.79 Å². The molecular formula is C26H26N2O2. The number of allylic oxidation sites excluding steroid dienone is 2. The number of benzene rings is 2. The summed E-state index contributed by atoms with van der Waals surface area (Å²) < 4.78 is 5.36. The molecule has 152 valence electrons. The van der Waals surface area contributed by atoms with Gasteiger partial charge in [0.25, 0.3) is 0 Å². The van der Waals surface area contributed by atoms with Crippen molar-refractivity contribution in [1.82, 2.24) is 4.98 Å². The zero-order valence-electron chi connectivity index (χ0n) is 17.6. The Hall–Kier alpha value is -3.27. The van der Waals surface area contributed by atoms with Crippen LogP contribution in [0.4, 0.5) is 5.69 Å². The summed E-state index contributed by atoms with van der Waals surface area (Å²) >= 11 is 0. The van der Waals surface area contributed by atoms with Crippen LogP contribution in [0, 0.1) is 5.92 Å². The van der Waals surface area contributed by atoms with Crippen LogP contribution >= 0.6 is 0 Å². The molecule has 4 heteroatoms. The minimum Gasteiger partial charge on any atom is -0.497 e. The molecular weight excluding hydrogens is 372 g/mol. The predicted octanol–water partition coefficient (Wildman–Crippen LogP) is 5.31. The Morgan fingerprint density at radius 1 is 1.13 bits per heavy atom. The van der Waals surface area contributed by atoms with Crippen LogP contribution in [-0.2, 0) is 12.0 Å². The molecule has 2 N–H and O–H groups in total. The van der Waals surface area contributed by atoms with Gasteiger partial charge in [-0.2, -0.15) is 0 Å². The number of aromatic nitrogens is 1. The maximum Gasteiger partial charge on any atom is 0.248 e. The monoisotopic (exact) mass is 398 g/mol. The topological polar surface area (TPSA) is 54.1 Å². The molecule has 0 unspecified atom stereocenters. The summed E-state index contributed by atoms with van der Waals surface area (Å²) in [4.78, 5) is 15.1. The molecule has 0 saturated carbocycles. The fourth-order valence-corrected chi connectivity index (χ4v) is 5.37. The largest absolute Gasteiger partial charge is 0.497 e. The average molecular weight is 399 g/mol. The molecule has 0 amide bonds. The van der Waals surface area contributed by atoms with Crippen molar-refractivity contribution in [2.75, 3.05) is 12.4 Å². The van der Waals surface area contributed by atoms with E-state index in [4.69, 9.17) is 4.74 Å². The second-order valence-corrected chi connectivity index (χ2v) is 8.42. The van der Waals surface area contributed by atoms with Gasteiger partial charge >= 0.3 is 0 Å². The second kappa shape index (κ2) is 6.91. The summed E-state index contributed by atoms with van der Waals surface area (Å²) in [5.41, 5.74) is 5.65. The van der Waals surface area contributed by atoms with Crippen molar-refractivity contribution in [2.24, 2.45) is 5.92 Å². The molecule has 0 saturated heterocycles. The summed E-state index contributed by atoms with van der Waals surface area (Å²) in [5, 5.41) is 6.20. The van der Waals surface area contributed by atoms with Crippen LogP contribution in [0.5, 0.6) is 5.75 Å². The van der Waals surface area contributed by atoms with Gasteiger partial charge in [-0.15, -0.1) is 0 Å². The average Bonchev–Trinajstić information content (AvgIpc) is 2.72. The van der Waals surface area contributed by atoms with Crippen molar-refractivity contribution in [1.29, 1.82) is 0 Å². The van der Waals surface area contributed by atoms with Crippen molar-refractivity contribution in [3.63, 3.8) is 0 Å². The van der Waals surface area contributed by atoms with E-state index in [1.165, 1.54) is 16.7 Å². The first-order chi connectivity index (χ1) is 14.5. The van der Waals surface area contributed by atoms with E-state index in [1.807, 2.05) is 12.1 Å². The van der Waals surface area contributed by atoms with Gasteiger partial charge in [-0.1, -0.05) is 29.9 Å². The molecule has 0 fully saturated rings. The van der Waals surface area contributed by atoms with Gasteiger partial charge in [-0.3, -0.25) is 4.79 Å². The van der Waals surface area contributed by atoms with Crippen molar-refractivity contribution in [3.05, 3.63) is 93.4 Å². The number of ether oxygens (including phenoxy) is 1. The SMILES string of the molecule is C/C=C1\[C@H]2C=C(C)C[C@]1(Nc1ccc3cc(OC)ccc3c1)c1ccc(=O)[nH]c1C2. The van der Waals surface area contributed by atoms with Crippen LogP contribution in [0.3, 0.4) is 0 Å². The summed E-state index contributed by atoms with van der Waals surface area (Å²) in [6.07, 6.45) is 6.32. The third-order valence-electron chi connectivity index (χ3n) is 6.52. The highest BCUT2D eigenvalue weighted by Gasteiger charge is 2.46. The minimum atomic E-state index is -0.351. The predicted molar refractivity (Wildman–Crippen MR) is 122 cm³/mol. The molecule has 0 radical (unpaired) electrons. The lowest BCUT2D eigenvalue weighted by molar-refractivity contribution is 0.415. The number of H-pyrrole nitrogens is 1. The lowest BCUT2D eigenvalue weighted by Gasteiger charge is -2.48. The number of rotatable bonds is 3. The van der Waals surface area contributed by atoms with Crippen molar-refractivity contribution in [2.45, 2.75) is 32.2 Å². The van der Waals surface area contributed by atoms with Gasteiger partial charge in [-0.05, 0) is 73.4 Å². The zero-order chi connectivity index (χ0) is 20.9. The highest BCUT2D eigenvalue weighted by Crippen LogP contribution is 2.51. The minimum absolute atomic E-state index is 0.0359. The maximum atomic E-state index is 12.0. The Morgan fingerprint density at radius 2 is 1.93 bits per heavy atom. The molecule has 0 spiro atoms. The van der Waals surface area contributed by atoms with Crippen LogP contribution in [0.15, 0.2) is 76.6 Å². The van der Waals surface area contributed by atoms with Crippen LogP contribution in [0.25, 0.3) is 10.8 Å². The fourth-order valence-electron chi connectivity index (χ4n) is 5.37. The second-order valence-electron chi connectivity index (χ2n) is 8.42. The van der Waals surface area contributed by atoms with E-state index in [2.05, 4.69) is 66.6 Å². The molecule has 2 bridgehead atoms. The quantitative estimate of drug-likeness (QED) is 0.588. The Labute approximate surface area is 176 Å². The molecule has 1 heterocycles. The van der Waals surface area contributed by atoms with Crippen molar-refractivity contribution >= 4 is 16.5 Å². The Kier molecular flexibility index (Phi) is 4.31. The first-order valence-corrected chi connectivity index (χ1v) is 10.4. The Bertz CT molecular complexity index is 1270. The smallest absolute Gasteiger partial charge is 0.248 e. The van der Waals surface area contributed by atoms with Gasteiger partial charge in [0.05, 0.1) is 12.6 Å². The van der Waals surface area contributed by atoms with Crippen LogP contribution < -0.4 is 15.6 Å². The molecule has 5 rings (SSSR count). The summed E-state index contributed by atoms with van der Waals surface area (Å²) in [6, 6.07) is 16.2. The number of nitrogens with one attached hydrogen (secondary N) is 2. The van der Waals surface area contributed by atoms with Crippen LogP contribution in [0.2, 0.25) is 0 Å². The number of aromatic amines is 1. The van der Waals surface area contributed by atoms with E-state index in [0.29, 0.717) is 5.92 Å². The maximum absolute atomic E-state index is 12.0. The normalized spacial score (nSPS) is 23.8. The first-order valence-electron chi connectivity index (χ1n) is 10.4. The van der Waals surface area contributed by atoms with Gasteiger partial charge < -0.3 is 15.0 Å². The van der Waals surface area contributed by atoms with E-state index in [0.717, 1.165) is 40.7 Å². The Balaban J connectivity index is 1.66. The third kappa shape index (κ3) is 2.86. The number of methoxy groups -OCH3 is 1. The van der Waals surface area contributed by atoms with Gasteiger partial charge in [-0.25, -0.2) is 0 Å². The fraction of sp³-hybridized carbons (Fsp3) is 0.269. The van der Waals surface area contributed by atoms with Crippen molar-refractivity contribution in [3.8, 4) is 5.75 Å². The summed E-state index contributed by atoms with van der Waals surface area (Å²) in [7, 11) is 1.69. The number of hydrogen-bond donors (Lipinski definition) is 2. The van der Waals surface area contributed by atoms with Crippen LogP contribution in [-0.4, -0.2) is 12.1 Å². The standard InChI is InChI=1S/C26H26N2O2/c1-4-22-19-11-16(2)15-26(22,23-9-10-25(29)27-24(23)14-19)28-20-7-5-18-13-21(30-3)8-6-17(18)12-20/h4-13,19,28H,14-15H2,1-3H3,(H,27,29)/b22-4+/t19-,26+/m0/s1. The first kappa shape index (κ1) is 18.7. The van der Waals surface area contributed by atoms with Gasteiger partial charge in [0.2, 0.25) is 5.56 Å². The van der Waals surface area contributed by atoms with Gasteiger partial charge in [0.15, 0.2) is 0 Å². The van der Waals surface area contributed by atoms with Gasteiger partial charge in [0.1, 0.15) is 5.75 Å². The molecule has 4 nitrogen and oxygen atoms in total. The lowest BCUT2D eigenvalue weighted by Crippen LogP contribution is -2.47. The molecule has 30 heavy (non-hydrogen) atoms. The van der Waals surface area contributed by atoms with Gasteiger partial charge in [0, 0.05) is 28.9 Å². The molecule has 2 aromatic carbocycles. The molecule has 1 aromatic heterocycles. The molecule has 0 aliphatic heterocycles. The van der Waals surface area contributed by atoms with E-state index in [1.54, 1.807) is 13.2 Å². The number of fused-ring (bicyclic) bond motifs is 5. The Morgan fingerprint density at radius 3 is 2.73 bits per heavy atom. The molecule has 2 aliphatic carbocycles. The number of pyridine rings is 1. The molecule has 2 atom stereocenters. The van der Waals surface area contributed by atoms with E-state index in [-0.39, 0.29) is 11.1 Å². The summed E-state index contributed by atoms with van der Waals surface area (Å²) in [5.74, 6) is 1.16.